The van der Waals surface area contributed by atoms with Crippen LogP contribution in [0.25, 0.3) is 0 Å². The monoisotopic (exact) mass is 284 g/mol. The van der Waals surface area contributed by atoms with Gasteiger partial charge in [0.05, 0.1) is 0 Å². The van der Waals surface area contributed by atoms with Gasteiger partial charge in [0, 0.05) is 24.2 Å². The van der Waals surface area contributed by atoms with Crippen LogP contribution < -0.4 is 21.3 Å². The summed E-state index contributed by atoms with van der Waals surface area (Å²) in [5.41, 5.74) is 0. The van der Waals surface area contributed by atoms with Crippen LogP contribution in [0.5, 0.6) is 0 Å². The summed E-state index contributed by atoms with van der Waals surface area (Å²) >= 11 is 0. The SMILES string of the molecule is CC(C)NC(=O)N[C@H]1CC[C@H](NC(=O)NC(C)C)CC1. The largest absolute Gasteiger partial charge is 0.336 e. The lowest BCUT2D eigenvalue weighted by molar-refractivity contribution is 0.219. The third-order valence-electron chi connectivity index (χ3n) is 3.24. The molecule has 0 aromatic carbocycles. The minimum Gasteiger partial charge on any atom is -0.336 e. The molecule has 0 spiro atoms. The highest BCUT2D eigenvalue weighted by molar-refractivity contribution is 5.75. The van der Waals surface area contributed by atoms with Crippen molar-refractivity contribution < 1.29 is 9.59 Å². The Kier molecular flexibility index (Phi) is 6.61. The summed E-state index contributed by atoms with van der Waals surface area (Å²) in [6.45, 7) is 7.75. The number of rotatable bonds is 4. The molecule has 20 heavy (non-hydrogen) atoms. The molecule has 0 saturated heterocycles. The number of nitrogens with one attached hydrogen (secondary N) is 4. The van der Waals surface area contributed by atoms with Gasteiger partial charge < -0.3 is 21.3 Å². The Labute approximate surface area is 121 Å². The summed E-state index contributed by atoms with van der Waals surface area (Å²) in [6.07, 6.45) is 3.60. The van der Waals surface area contributed by atoms with E-state index in [4.69, 9.17) is 0 Å². The highest BCUT2D eigenvalue weighted by Gasteiger charge is 2.23. The first kappa shape index (κ1) is 16.6. The van der Waals surface area contributed by atoms with E-state index in [1.165, 1.54) is 0 Å². The van der Waals surface area contributed by atoms with Gasteiger partial charge in [-0.1, -0.05) is 0 Å². The molecule has 0 heterocycles. The summed E-state index contributed by atoms with van der Waals surface area (Å²) in [5, 5.41) is 11.6. The first-order chi connectivity index (χ1) is 9.36. The zero-order chi connectivity index (χ0) is 15.1. The van der Waals surface area contributed by atoms with E-state index >= 15 is 0 Å². The second kappa shape index (κ2) is 7.97. The minimum atomic E-state index is -0.103. The summed E-state index contributed by atoms with van der Waals surface area (Å²) in [5.74, 6) is 0. The molecule has 0 unspecified atom stereocenters. The Hall–Kier alpha value is -1.46. The van der Waals surface area contributed by atoms with Gasteiger partial charge in [-0.05, 0) is 53.4 Å². The lowest BCUT2D eigenvalue weighted by atomic mass is 9.91. The fourth-order valence-electron chi connectivity index (χ4n) is 2.36. The van der Waals surface area contributed by atoms with E-state index in [9.17, 15) is 9.59 Å². The molecule has 0 aliphatic heterocycles. The van der Waals surface area contributed by atoms with Gasteiger partial charge in [-0.2, -0.15) is 0 Å². The Morgan fingerprint density at radius 1 is 0.750 bits per heavy atom. The van der Waals surface area contributed by atoms with E-state index in [1.54, 1.807) is 0 Å². The van der Waals surface area contributed by atoms with Gasteiger partial charge in [0.1, 0.15) is 0 Å². The van der Waals surface area contributed by atoms with Crippen molar-refractivity contribution in [3.63, 3.8) is 0 Å². The van der Waals surface area contributed by atoms with E-state index in [-0.39, 0.29) is 36.2 Å². The first-order valence-electron chi connectivity index (χ1n) is 7.51. The van der Waals surface area contributed by atoms with Crippen LogP contribution in [-0.4, -0.2) is 36.2 Å². The topological polar surface area (TPSA) is 82.3 Å². The van der Waals surface area contributed by atoms with E-state index in [2.05, 4.69) is 21.3 Å². The van der Waals surface area contributed by atoms with Crippen molar-refractivity contribution in [2.24, 2.45) is 0 Å². The quantitative estimate of drug-likeness (QED) is 0.634. The van der Waals surface area contributed by atoms with Crippen LogP contribution in [-0.2, 0) is 0 Å². The molecule has 6 heteroatoms. The van der Waals surface area contributed by atoms with Gasteiger partial charge in [0.15, 0.2) is 0 Å². The molecule has 1 aliphatic carbocycles. The molecular formula is C14H28N4O2. The molecule has 0 radical (unpaired) electrons. The summed E-state index contributed by atoms with van der Waals surface area (Å²) in [7, 11) is 0. The maximum Gasteiger partial charge on any atom is 0.315 e. The fraction of sp³-hybridized carbons (Fsp3) is 0.857. The summed E-state index contributed by atoms with van der Waals surface area (Å²) < 4.78 is 0. The van der Waals surface area contributed by atoms with Gasteiger partial charge in [-0.25, -0.2) is 9.59 Å². The van der Waals surface area contributed by atoms with Gasteiger partial charge in [0.2, 0.25) is 0 Å². The average molecular weight is 284 g/mol. The van der Waals surface area contributed by atoms with Crippen molar-refractivity contribution in [3.8, 4) is 0 Å². The molecule has 1 fully saturated rings. The second-order valence-corrected chi connectivity index (χ2v) is 6.09. The highest BCUT2D eigenvalue weighted by Crippen LogP contribution is 2.18. The molecular weight excluding hydrogens is 256 g/mol. The van der Waals surface area contributed by atoms with Gasteiger partial charge >= 0.3 is 12.1 Å². The van der Waals surface area contributed by atoms with Crippen LogP contribution in [0.2, 0.25) is 0 Å². The van der Waals surface area contributed by atoms with Gasteiger partial charge in [-0.3, -0.25) is 0 Å². The highest BCUT2D eigenvalue weighted by atomic mass is 16.2. The molecule has 0 atom stereocenters. The first-order valence-corrected chi connectivity index (χ1v) is 7.51. The van der Waals surface area contributed by atoms with Gasteiger partial charge in [0.25, 0.3) is 0 Å². The smallest absolute Gasteiger partial charge is 0.315 e. The zero-order valence-corrected chi connectivity index (χ0v) is 13.0. The third-order valence-corrected chi connectivity index (χ3v) is 3.24. The van der Waals surface area contributed by atoms with E-state index in [0.717, 1.165) is 25.7 Å². The predicted octanol–water partition coefficient (Wildman–Crippen LogP) is 1.71. The van der Waals surface area contributed by atoms with Crippen molar-refractivity contribution >= 4 is 12.1 Å². The molecule has 6 nitrogen and oxygen atoms in total. The maximum atomic E-state index is 11.6. The number of hydrogen-bond acceptors (Lipinski definition) is 2. The molecule has 1 saturated carbocycles. The lowest BCUT2D eigenvalue weighted by Crippen LogP contribution is -2.50. The van der Waals surface area contributed by atoms with E-state index in [0.29, 0.717) is 0 Å². The van der Waals surface area contributed by atoms with E-state index < -0.39 is 0 Å². The maximum absolute atomic E-state index is 11.6. The van der Waals surface area contributed by atoms with Crippen LogP contribution in [0, 0.1) is 0 Å². The van der Waals surface area contributed by atoms with Crippen molar-refractivity contribution in [2.75, 3.05) is 0 Å². The van der Waals surface area contributed by atoms with Crippen molar-refractivity contribution in [1.29, 1.82) is 0 Å². The molecule has 0 aromatic heterocycles. The molecule has 0 bridgehead atoms. The fourth-order valence-corrected chi connectivity index (χ4v) is 2.36. The normalized spacial score (nSPS) is 22.5. The van der Waals surface area contributed by atoms with Crippen LogP contribution in [0.15, 0.2) is 0 Å². The minimum absolute atomic E-state index is 0.103. The Bertz CT molecular complexity index is 291. The average Bonchev–Trinajstić information content (AvgIpc) is 2.29. The molecule has 1 aliphatic rings. The Morgan fingerprint density at radius 3 is 1.30 bits per heavy atom. The van der Waals surface area contributed by atoms with Crippen LogP contribution in [0.3, 0.4) is 0 Å². The van der Waals surface area contributed by atoms with E-state index in [1.807, 2.05) is 27.7 Å². The van der Waals surface area contributed by atoms with Crippen molar-refractivity contribution in [3.05, 3.63) is 0 Å². The predicted molar refractivity (Wildman–Crippen MR) is 79.7 cm³/mol. The summed E-state index contributed by atoms with van der Waals surface area (Å²) in [6, 6.07) is 0.503. The molecule has 116 valence electrons. The Balaban J connectivity index is 2.23. The number of carbonyl (C=O) groups is 2. The number of carbonyl (C=O) groups excluding carboxylic acids is 2. The summed E-state index contributed by atoms with van der Waals surface area (Å²) in [4.78, 5) is 23.2. The molecule has 1 rings (SSSR count). The third kappa shape index (κ3) is 6.63. The molecule has 0 aromatic rings. The van der Waals surface area contributed by atoms with Crippen LogP contribution >= 0.6 is 0 Å². The van der Waals surface area contributed by atoms with Gasteiger partial charge in [-0.15, -0.1) is 0 Å². The van der Waals surface area contributed by atoms with Crippen LogP contribution in [0.1, 0.15) is 53.4 Å². The van der Waals surface area contributed by atoms with Crippen LogP contribution in [0.4, 0.5) is 9.59 Å². The Morgan fingerprint density at radius 2 is 1.05 bits per heavy atom. The molecule has 4 N–H and O–H groups in total. The standard InChI is InChI=1S/C14H28N4O2/c1-9(2)15-13(19)17-11-5-7-12(8-6-11)18-14(20)16-10(3)4/h9-12H,5-8H2,1-4H3,(H2,15,17,19)(H2,16,18,20)/t11-,12-. The molecule has 4 amide bonds. The number of urea groups is 2. The lowest BCUT2D eigenvalue weighted by Gasteiger charge is -2.30. The van der Waals surface area contributed by atoms with Crippen molar-refractivity contribution in [2.45, 2.75) is 77.5 Å². The number of amides is 4. The number of hydrogen-bond donors (Lipinski definition) is 4. The second-order valence-electron chi connectivity index (χ2n) is 6.09. The van der Waals surface area contributed by atoms with Crippen molar-refractivity contribution in [1.82, 2.24) is 21.3 Å². The zero-order valence-electron chi connectivity index (χ0n) is 13.0.